The maximum absolute atomic E-state index is 10.6. The first-order valence-corrected chi connectivity index (χ1v) is 7.55. The van der Waals surface area contributed by atoms with Gasteiger partial charge in [-0.05, 0) is 12.3 Å². The predicted octanol–water partition coefficient (Wildman–Crippen LogP) is 3.26. The molecule has 0 saturated carbocycles. The summed E-state index contributed by atoms with van der Waals surface area (Å²) in [5, 5.41) is 0. The number of rotatable bonds is 9. The summed E-state index contributed by atoms with van der Waals surface area (Å²) in [7, 11) is -3.77. The Morgan fingerprint density at radius 2 is 1.47 bits per heavy atom. The molecule has 0 amide bonds. The number of unbranched alkanes of at least 4 members (excludes halogenated alkanes) is 2. The highest BCUT2D eigenvalue weighted by atomic mass is 32.2. The van der Waals surface area contributed by atoms with E-state index in [0.717, 1.165) is 38.5 Å². The zero-order valence-corrected chi connectivity index (χ0v) is 10.7. The molecule has 0 spiro atoms. The van der Waals surface area contributed by atoms with Gasteiger partial charge in [0.2, 0.25) is 0 Å². The van der Waals surface area contributed by atoms with Gasteiger partial charge in [-0.25, -0.2) is 0 Å². The van der Waals surface area contributed by atoms with Crippen molar-refractivity contribution in [2.24, 2.45) is 5.92 Å². The third-order valence-electron chi connectivity index (χ3n) is 2.72. The molecule has 92 valence electrons. The van der Waals surface area contributed by atoms with Gasteiger partial charge < -0.3 is 0 Å². The molecule has 4 heteroatoms. The zero-order chi connectivity index (χ0) is 11.7. The van der Waals surface area contributed by atoms with E-state index < -0.39 is 10.1 Å². The molecule has 0 atom stereocenters. The van der Waals surface area contributed by atoms with E-state index in [2.05, 4.69) is 13.8 Å². The smallest absolute Gasteiger partial charge is 0.264 e. The molecule has 0 bridgehead atoms. The van der Waals surface area contributed by atoms with E-state index in [-0.39, 0.29) is 5.75 Å². The van der Waals surface area contributed by atoms with Crippen LogP contribution in [0.3, 0.4) is 0 Å². The van der Waals surface area contributed by atoms with E-state index in [1.54, 1.807) is 0 Å². The second-order valence-electron chi connectivity index (χ2n) is 4.23. The van der Waals surface area contributed by atoms with Crippen LogP contribution >= 0.6 is 0 Å². The van der Waals surface area contributed by atoms with Crippen LogP contribution in [-0.4, -0.2) is 18.7 Å². The Labute approximate surface area is 94.0 Å². The van der Waals surface area contributed by atoms with Crippen molar-refractivity contribution in [1.82, 2.24) is 0 Å². The maximum Gasteiger partial charge on any atom is 0.264 e. The molecular weight excluding hydrogens is 212 g/mol. The van der Waals surface area contributed by atoms with E-state index in [1.165, 1.54) is 0 Å². The van der Waals surface area contributed by atoms with Crippen LogP contribution in [0.1, 0.15) is 58.8 Å². The van der Waals surface area contributed by atoms with Crippen molar-refractivity contribution in [3.05, 3.63) is 0 Å². The summed E-state index contributed by atoms with van der Waals surface area (Å²) in [6.07, 6.45) is 7.39. The van der Waals surface area contributed by atoms with Crippen molar-refractivity contribution in [2.75, 3.05) is 5.75 Å². The van der Waals surface area contributed by atoms with Gasteiger partial charge in [0.05, 0.1) is 5.75 Å². The molecule has 0 aliphatic rings. The zero-order valence-electron chi connectivity index (χ0n) is 9.91. The minimum absolute atomic E-state index is 0.0783. The summed E-state index contributed by atoms with van der Waals surface area (Å²) >= 11 is 0. The van der Waals surface area contributed by atoms with Crippen LogP contribution in [0.4, 0.5) is 0 Å². The second-order valence-corrected chi connectivity index (χ2v) is 5.80. The van der Waals surface area contributed by atoms with E-state index >= 15 is 0 Å². The summed E-state index contributed by atoms with van der Waals surface area (Å²) < 4.78 is 30.0. The average Bonchev–Trinajstić information content (AvgIpc) is 2.15. The van der Waals surface area contributed by atoms with Gasteiger partial charge >= 0.3 is 0 Å². The van der Waals surface area contributed by atoms with Crippen molar-refractivity contribution in [3.63, 3.8) is 0 Å². The highest BCUT2D eigenvalue weighted by Gasteiger charge is 2.12. The molecule has 0 aromatic heterocycles. The fourth-order valence-electron chi connectivity index (χ4n) is 1.73. The van der Waals surface area contributed by atoms with Crippen molar-refractivity contribution in [3.8, 4) is 0 Å². The Morgan fingerprint density at radius 1 is 1.00 bits per heavy atom. The van der Waals surface area contributed by atoms with Gasteiger partial charge in [-0.2, -0.15) is 8.42 Å². The lowest BCUT2D eigenvalue weighted by Crippen LogP contribution is -2.10. The lowest BCUT2D eigenvalue weighted by atomic mass is 9.94. The minimum atomic E-state index is -3.77. The lowest BCUT2D eigenvalue weighted by molar-refractivity contribution is 0.400. The number of hydrogen-bond acceptors (Lipinski definition) is 2. The fourth-order valence-corrected chi connectivity index (χ4v) is 2.37. The normalized spacial score (nSPS) is 12.3. The predicted molar refractivity (Wildman–Crippen MR) is 63.6 cm³/mol. The topological polar surface area (TPSA) is 54.4 Å². The highest BCUT2D eigenvalue weighted by molar-refractivity contribution is 7.85. The first-order valence-electron chi connectivity index (χ1n) is 5.94. The van der Waals surface area contributed by atoms with Crippen LogP contribution in [0.25, 0.3) is 0 Å². The molecule has 0 unspecified atom stereocenters. The third kappa shape index (κ3) is 10.2. The molecule has 15 heavy (non-hydrogen) atoms. The van der Waals surface area contributed by atoms with Gasteiger partial charge in [0.25, 0.3) is 10.1 Å². The standard InChI is InChI=1S/C11H24O3S/c1-3-5-7-11(8-6-4-2)9-10-15(12,13)14/h11H,3-10H2,1-2H3,(H,12,13,14). The van der Waals surface area contributed by atoms with E-state index in [1.807, 2.05) is 0 Å². The van der Waals surface area contributed by atoms with E-state index in [9.17, 15) is 8.42 Å². The molecular formula is C11H24O3S. The summed E-state index contributed by atoms with van der Waals surface area (Å²) in [5.74, 6) is 0.386. The molecule has 0 fully saturated rings. The van der Waals surface area contributed by atoms with Crippen LogP contribution in [0.15, 0.2) is 0 Å². The van der Waals surface area contributed by atoms with Crippen molar-refractivity contribution in [1.29, 1.82) is 0 Å². The molecule has 0 heterocycles. The number of hydrogen-bond donors (Lipinski definition) is 1. The van der Waals surface area contributed by atoms with Crippen LogP contribution < -0.4 is 0 Å². The average molecular weight is 236 g/mol. The van der Waals surface area contributed by atoms with Crippen LogP contribution in [-0.2, 0) is 10.1 Å². The Balaban J connectivity index is 3.89. The van der Waals surface area contributed by atoms with Crippen molar-refractivity contribution in [2.45, 2.75) is 58.8 Å². The van der Waals surface area contributed by atoms with Gasteiger partial charge in [0.15, 0.2) is 0 Å². The first-order chi connectivity index (χ1) is 6.99. The Hall–Kier alpha value is -0.0900. The SMILES string of the molecule is CCCCC(CCCC)CCS(=O)(=O)O. The summed E-state index contributed by atoms with van der Waals surface area (Å²) in [4.78, 5) is 0. The molecule has 0 aromatic carbocycles. The fraction of sp³-hybridized carbons (Fsp3) is 1.00. The summed E-state index contributed by atoms with van der Waals surface area (Å²) in [5.41, 5.74) is 0. The van der Waals surface area contributed by atoms with Gasteiger partial charge in [0.1, 0.15) is 0 Å². The van der Waals surface area contributed by atoms with E-state index in [4.69, 9.17) is 4.55 Å². The Morgan fingerprint density at radius 3 is 1.80 bits per heavy atom. The maximum atomic E-state index is 10.6. The quantitative estimate of drug-likeness (QED) is 0.625. The molecule has 0 aliphatic heterocycles. The van der Waals surface area contributed by atoms with Crippen molar-refractivity contribution >= 4 is 10.1 Å². The first kappa shape index (κ1) is 14.9. The van der Waals surface area contributed by atoms with Crippen LogP contribution in [0, 0.1) is 5.92 Å². The molecule has 0 rings (SSSR count). The Bertz CT molecular complexity index is 226. The molecule has 0 radical (unpaired) electrons. The second kappa shape index (κ2) is 8.11. The Kier molecular flexibility index (Phi) is 8.06. The largest absolute Gasteiger partial charge is 0.286 e. The van der Waals surface area contributed by atoms with Crippen LogP contribution in [0.5, 0.6) is 0 Å². The van der Waals surface area contributed by atoms with E-state index in [0.29, 0.717) is 12.3 Å². The highest BCUT2D eigenvalue weighted by Crippen LogP contribution is 2.20. The van der Waals surface area contributed by atoms with Crippen LogP contribution in [0.2, 0.25) is 0 Å². The molecule has 0 aliphatic carbocycles. The lowest BCUT2D eigenvalue weighted by Gasteiger charge is -2.15. The van der Waals surface area contributed by atoms with Crippen molar-refractivity contribution < 1.29 is 13.0 Å². The molecule has 0 aromatic rings. The third-order valence-corrected chi connectivity index (χ3v) is 3.47. The summed E-state index contributed by atoms with van der Waals surface area (Å²) in [6, 6.07) is 0. The van der Waals surface area contributed by atoms with Gasteiger partial charge in [-0.15, -0.1) is 0 Å². The molecule has 1 N–H and O–H groups in total. The summed E-state index contributed by atoms with van der Waals surface area (Å²) in [6.45, 7) is 4.28. The van der Waals surface area contributed by atoms with Gasteiger partial charge in [0, 0.05) is 0 Å². The molecule has 0 saturated heterocycles. The minimum Gasteiger partial charge on any atom is -0.286 e. The molecule has 3 nitrogen and oxygen atoms in total. The monoisotopic (exact) mass is 236 g/mol. The van der Waals surface area contributed by atoms with Gasteiger partial charge in [-0.3, -0.25) is 4.55 Å². The van der Waals surface area contributed by atoms with Gasteiger partial charge in [-0.1, -0.05) is 52.4 Å².